The van der Waals surface area contributed by atoms with Crippen molar-refractivity contribution in [2.75, 3.05) is 0 Å². The Hall–Kier alpha value is -2.57. The fourth-order valence-electron chi connectivity index (χ4n) is 1.64. The number of alkyl halides is 3. The molecule has 0 aliphatic carbocycles. The third-order valence-corrected chi connectivity index (χ3v) is 2.59. The molecule has 110 valence electrons. The number of carboxylic acids is 1. The summed E-state index contributed by atoms with van der Waals surface area (Å²) >= 11 is 0. The number of hydrogen-bond donors (Lipinski definition) is 1. The lowest BCUT2D eigenvalue weighted by atomic mass is 10.2. The monoisotopic (exact) mass is 297 g/mol. The lowest BCUT2D eigenvalue weighted by Crippen LogP contribution is -2.06. The topological polar surface area (TPSA) is 59.4 Å². The molecule has 0 bridgehead atoms. The largest absolute Gasteiger partial charge is 0.477 e. The van der Waals surface area contributed by atoms with Crippen LogP contribution in [0.1, 0.15) is 21.5 Å². The second-order valence-electron chi connectivity index (χ2n) is 4.30. The van der Waals surface area contributed by atoms with Gasteiger partial charge in [0.1, 0.15) is 11.3 Å². The first-order chi connectivity index (χ1) is 9.77. The number of pyridine rings is 1. The highest BCUT2D eigenvalue weighted by molar-refractivity contribution is 5.90. The first-order valence-corrected chi connectivity index (χ1v) is 5.82. The molecule has 0 radical (unpaired) electrons. The molecule has 4 nitrogen and oxygen atoms in total. The molecule has 1 aromatic carbocycles. The van der Waals surface area contributed by atoms with Crippen molar-refractivity contribution in [3.63, 3.8) is 0 Å². The van der Waals surface area contributed by atoms with Crippen molar-refractivity contribution in [2.24, 2.45) is 0 Å². The summed E-state index contributed by atoms with van der Waals surface area (Å²) in [6.45, 7) is 1.65. The van der Waals surface area contributed by atoms with Gasteiger partial charge in [-0.3, -0.25) is 0 Å². The van der Waals surface area contributed by atoms with Crippen LogP contribution in [0.2, 0.25) is 0 Å². The number of aromatic carboxylic acids is 1. The minimum Gasteiger partial charge on any atom is -0.477 e. The summed E-state index contributed by atoms with van der Waals surface area (Å²) in [6.07, 6.45) is -3.13. The van der Waals surface area contributed by atoms with E-state index in [1.54, 1.807) is 6.92 Å². The van der Waals surface area contributed by atoms with Crippen LogP contribution in [0.15, 0.2) is 36.5 Å². The van der Waals surface area contributed by atoms with Gasteiger partial charge in [-0.25, -0.2) is 9.78 Å². The lowest BCUT2D eigenvalue weighted by Gasteiger charge is -2.11. The third-order valence-electron chi connectivity index (χ3n) is 2.59. The quantitative estimate of drug-likeness (QED) is 0.933. The van der Waals surface area contributed by atoms with Gasteiger partial charge in [-0.05, 0) is 36.8 Å². The first-order valence-electron chi connectivity index (χ1n) is 5.82. The Morgan fingerprint density at radius 2 is 2.00 bits per heavy atom. The molecule has 0 spiro atoms. The van der Waals surface area contributed by atoms with Crippen LogP contribution in [0.4, 0.5) is 13.2 Å². The first kappa shape index (κ1) is 14.8. The molecule has 0 fully saturated rings. The van der Waals surface area contributed by atoms with Crippen LogP contribution in [0.3, 0.4) is 0 Å². The summed E-state index contributed by atoms with van der Waals surface area (Å²) in [5, 5.41) is 9.05. The number of halogens is 3. The number of rotatable bonds is 3. The second-order valence-corrected chi connectivity index (χ2v) is 4.30. The molecule has 0 aliphatic rings. The zero-order chi connectivity index (χ0) is 15.6. The Labute approximate surface area is 117 Å². The molecule has 0 aliphatic heterocycles. The molecule has 7 heteroatoms. The van der Waals surface area contributed by atoms with Gasteiger partial charge in [0.15, 0.2) is 0 Å². The maximum absolute atomic E-state index is 12.6. The number of ether oxygens (including phenoxy) is 1. The van der Waals surface area contributed by atoms with Crippen LogP contribution in [0.5, 0.6) is 11.6 Å². The van der Waals surface area contributed by atoms with E-state index in [-0.39, 0.29) is 17.2 Å². The number of benzene rings is 1. The summed E-state index contributed by atoms with van der Waals surface area (Å²) in [4.78, 5) is 14.9. The van der Waals surface area contributed by atoms with Crippen molar-refractivity contribution < 1.29 is 27.8 Å². The highest BCUT2D eigenvalue weighted by Gasteiger charge is 2.30. The van der Waals surface area contributed by atoms with Crippen molar-refractivity contribution >= 4 is 5.97 Å². The number of carboxylic acid groups (broad SMARTS) is 1. The number of nitrogens with zero attached hydrogens (tertiary/aromatic N) is 1. The van der Waals surface area contributed by atoms with Crippen molar-refractivity contribution in [3.8, 4) is 11.6 Å². The second kappa shape index (κ2) is 5.43. The van der Waals surface area contributed by atoms with E-state index >= 15 is 0 Å². The Balaban J connectivity index is 2.37. The highest BCUT2D eigenvalue weighted by Crippen LogP contribution is 2.33. The van der Waals surface area contributed by atoms with Gasteiger partial charge in [-0.2, -0.15) is 13.2 Å². The Morgan fingerprint density at radius 1 is 1.29 bits per heavy atom. The van der Waals surface area contributed by atoms with Crippen LogP contribution in [0, 0.1) is 6.92 Å². The SMILES string of the molecule is Cc1cnc(Oc2cccc(C(F)(F)F)c2)c(C(=O)O)c1. The van der Waals surface area contributed by atoms with Crippen molar-refractivity contribution in [1.82, 2.24) is 4.98 Å². The molecule has 0 unspecified atom stereocenters. The average Bonchev–Trinajstić information content (AvgIpc) is 2.40. The van der Waals surface area contributed by atoms with Crippen molar-refractivity contribution in [2.45, 2.75) is 13.1 Å². The Bertz CT molecular complexity index is 683. The molecule has 2 aromatic rings. The average molecular weight is 297 g/mol. The van der Waals surface area contributed by atoms with Crippen LogP contribution in [-0.4, -0.2) is 16.1 Å². The summed E-state index contributed by atoms with van der Waals surface area (Å²) < 4.78 is 43.0. The van der Waals surface area contributed by atoms with Crippen molar-refractivity contribution in [3.05, 3.63) is 53.2 Å². The van der Waals surface area contributed by atoms with Crippen LogP contribution in [-0.2, 0) is 6.18 Å². The van der Waals surface area contributed by atoms with Gasteiger partial charge in [0, 0.05) is 6.20 Å². The normalized spacial score (nSPS) is 11.2. The molecule has 1 N–H and O–H groups in total. The molecule has 0 amide bonds. The van der Waals surface area contributed by atoms with Gasteiger partial charge in [-0.1, -0.05) is 6.07 Å². The molecule has 0 atom stereocenters. The smallest absolute Gasteiger partial charge is 0.416 e. The molecular weight excluding hydrogens is 287 g/mol. The molecular formula is C14H10F3NO3. The van der Waals surface area contributed by atoms with Crippen LogP contribution in [0.25, 0.3) is 0 Å². The third kappa shape index (κ3) is 3.50. The van der Waals surface area contributed by atoms with E-state index in [0.29, 0.717) is 5.56 Å². The van der Waals surface area contributed by atoms with Crippen LogP contribution < -0.4 is 4.74 Å². The molecule has 0 saturated carbocycles. The van der Waals surface area contributed by atoms with E-state index in [4.69, 9.17) is 9.84 Å². The van der Waals surface area contributed by atoms with E-state index in [2.05, 4.69) is 4.98 Å². The Kier molecular flexibility index (Phi) is 3.84. The highest BCUT2D eigenvalue weighted by atomic mass is 19.4. The minimum absolute atomic E-state index is 0.135. The van der Waals surface area contributed by atoms with E-state index in [0.717, 1.165) is 12.1 Å². The molecule has 1 aromatic heterocycles. The van der Waals surface area contributed by atoms with E-state index in [1.807, 2.05) is 0 Å². The lowest BCUT2D eigenvalue weighted by molar-refractivity contribution is -0.137. The van der Waals surface area contributed by atoms with Gasteiger partial charge in [0.05, 0.1) is 5.56 Å². The fraction of sp³-hybridized carbons (Fsp3) is 0.143. The number of hydrogen-bond acceptors (Lipinski definition) is 3. The van der Waals surface area contributed by atoms with Gasteiger partial charge >= 0.3 is 12.1 Å². The number of aromatic nitrogens is 1. The summed E-state index contributed by atoms with van der Waals surface area (Å²) in [7, 11) is 0. The van der Waals surface area contributed by atoms with Gasteiger partial charge in [0.2, 0.25) is 5.88 Å². The molecule has 0 saturated heterocycles. The zero-order valence-electron chi connectivity index (χ0n) is 10.8. The van der Waals surface area contributed by atoms with E-state index in [9.17, 15) is 18.0 Å². The zero-order valence-corrected chi connectivity index (χ0v) is 10.8. The van der Waals surface area contributed by atoms with E-state index < -0.39 is 17.7 Å². The molecule has 1 heterocycles. The number of aryl methyl sites for hydroxylation is 1. The standard InChI is InChI=1S/C14H10F3NO3/c1-8-5-11(13(19)20)12(18-7-8)21-10-4-2-3-9(6-10)14(15,16)17/h2-7H,1H3,(H,19,20). The minimum atomic E-state index is -4.50. The molecule has 2 rings (SSSR count). The van der Waals surface area contributed by atoms with Gasteiger partial charge in [0.25, 0.3) is 0 Å². The predicted molar refractivity (Wildman–Crippen MR) is 67.5 cm³/mol. The van der Waals surface area contributed by atoms with Crippen molar-refractivity contribution in [1.29, 1.82) is 0 Å². The maximum Gasteiger partial charge on any atom is 0.416 e. The predicted octanol–water partition coefficient (Wildman–Crippen LogP) is 3.90. The fourth-order valence-corrected chi connectivity index (χ4v) is 1.64. The van der Waals surface area contributed by atoms with Crippen LogP contribution >= 0.6 is 0 Å². The Morgan fingerprint density at radius 3 is 2.62 bits per heavy atom. The maximum atomic E-state index is 12.6. The molecule has 21 heavy (non-hydrogen) atoms. The van der Waals surface area contributed by atoms with E-state index in [1.165, 1.54) is 24.4 Å². The number of carbonyl (C=O) groups is 1. The summed E-state index contributed by atoms with van der Waals surface area (Å²) in [5.74, 6) is -1.66. The van der Waals surface area contributed by atoms with Gasteiger partial charge in [-0.15, -0.1) is 0 Å². The van der Waals surface area contributed by atoms with Gasteiger partial charge < -0.3 is 9.84 Å². The summed E-state index contributed by atoms with van der Waals surface area (Å²) in [5.41, 5.74) is -0.500. The summed E-state index contributed by atoms with van der Waals surface area (Å²) in [6, 6.07) is 5.48.